The third kappa shape index (κ3) is 4.13. The summed E-state index contributed by atoms with van der Waals surface area (Å²) in [7, 11) is 0. The van der Waals surface area contributed by atoms with E-state index in [1.165, 1.54) is 17.3 Å². The maximum Gasteiger partial charge on any atom is 0.234 e. The van der Waals surface area contributed by atoms with Crippen LogP contribution in [-0.4, -0.2) is 45.6 Å². The number of hydrogen-bond donors (Lipinski definition) is 3. The van der Waals surface area contributed by atoms with Gasteiger partial charge in [-0.2, -0.15) is 5.10 Å². The third-order valence-electron chi connectivity index (χ3n) is 5.70. The van der Waals surface area contributed by atoms with E-state index in [2.05, 4.69) is 55.4 Å². The fraction of sp³-hybridized carbons (Fsp3) is 0.304. The number of ether oxygens (including phenoxy) is 1. The number of hydrazine groups is 1. The summed E-state index contributed by atoms with van der Waals surface area (Å²) in [5, 5.41) is 10.4. The van der Waals surface area contributed by atoms with Crippen LogP contribution < -0.4 is 20.9 Å². The fourth-order valence-corrected chi connectivity index (χ4v) is 4.99. The molecule has 1 amide bonds. The summed E-state index contributed by atoms with van der Waals surface area (Å²) >= 11 is 1.42. The van der Waals surface area contributed by atoms with Gasteiger partial charge < -0.3 is 20.0 Å². The predicted molar refractivity (Wildman–Crippen MR) is 127 cm³/mol. The van der Waals surface area contributed by atoms with Crippen molar-refractivity contribution >= 4 is 28.5 Å². The Hall–Kier alpha value is -3.17. The zero-order valence-corrected chi connectivity index (χ0v) is 18.6. The van der Waals surface area contributed by atoms with Gasteiger partial charge in [-0.1, -0.05) is 54.2 Å². The number of carbonyl (C=O) groups is 1. The number of benzene rings is 2. The largest absolute Gasteiger partial charge is 0.492 e. The van der Waals surface area contributed by atoms with Gasteiger partial charge in [-0.15, -0.1) is 0 Å². The highest BCUT2D eigenvalue weighted by Crippen LogP contribution is 2.35. The van der Waals surface area contributed by atoms with E-state index in [1.54, 1.807) is 0 Å². The molecular formula is C23H26N6O2S. The van der Waals surface area contributed by atoms with Crippen molar-refractivity contribution < 1.29 is 9.53 Å². The van der Waals surface area contributed by atoms with Gasteiger partial charge in [-0.05, 0) is 31.0 Å². The lowest BCUT2D eigenvalue weighted by Crippen LogP contribution is -2.54. The number of fused-ring (bicyclic) bond motifs is 3. The Kier molecular flexibility index (Phi) is 5.91. The summed E-state index contributed by atoms with van der Waals surface area (Å²) in [4.78, 5) is 14.7. The Morgan fingerprint density at radius 1 is 1.19 bits per heavy atom. The van der Waals surface area contributed by atoms with E-state index in [0.29, 0.717) is 18.0 Å². The average Bonchev–Trinajstić information content (AvgIpc) is 3.44. The fourth-order valence-electron chi connectivity index (χ4n) is 4.22. The highest BCUT2D eigenvalue weighted by atomic mass is 32.2. The third-order valence-corrected chi connectivity index (χ3v) is 6.67. The normalized spacial score (nSPS) is 23.3. The van der Waals surface area contributed by atoms with Crippen molar-refractivity contribution in [1.29, 1.82) is 0 Å². The lowest BCUT2D eigenvalue weighted by molar-refractivity contribution is -0.113. The second-order valence-corrected chi connectivity index (χ2v) is 8.68. The Labute approximate surface area is 191 Å². The lowest BCUT2D eigenvalue weighted by Gasteiger charge is -2.36. The summed E-state index contributed by atoms with van der Waals surface area (Å²) in [6.07, 6.45) is 5.05. The molecular weight excluding hydrogens is 424 g/mol. The van der Waals surface area contributed by atoms with Crippen molar-refractivity contribution in [2.75, 3.05) is 17.7 Å². The maximum absolute atomic E-state index is 12.6. The van der Waals surface area contributed by atoms with Crippen LogP contribution in [0.3, 0.4) is 0 Å². The van der Waals surface area contributed by atoms with Crippen LogP contribution >= 0.6 is 11.8 Å². The molecule has 1 saturated heterocycles. The molecule has 1 fully saturated rings. The van der Waals surface area contributed by atoms with Crippen LogP contribution in [-0.2, 0) is 4.79 Å². The minimum absolute atomic E-state index is 0.0328. The molecule has 3 unspecified atom stereocenters. The summed E-state index contributed by atoms with van der Waals surface area (Å²) in [5.41, 5.74) is 8.80. The predicted octanol–water partition coefficient (Wildman–Crippen LogP) is 3.06. The van der Waals surface area contributed by atoms with Crippen molar-refractivity contribution in [1.82, 2.24) is 20.8 Å². The monoisotopic (exact) mass is 450 g/mol. The Morgan fingerprint density at radius 2 is 2.00 bits per heavy atom. The minimum atomic E-state index is -0.0948. The van der Waals surface area contributed by atoms with E-state index in [9.17, 15) is 4.79 Å². The van der Waals surface area contributed by atoms with Crippen molar-refractivity contribution in [3.8, 4) is 5.75 Å². The second-order valence-electron chi connectivity index (χ2n) is 7.74. The van der Waals surface area contributed by atoms with Gasteiger partial charge in [0.15, 0.2) is 5.17 Å². The van der Waals surface area contributed by atoms with E-state index in [-0.39, 0.29) is 29.9 Å². The quantitative estimate of drug-likeness (QED) is 0.624. The molecule has 2 aromatic rings. The van der Waals surface area contributed by atoms with Crippen molar-refractivity contribution in [3.63, 3.8) is 0 Å². The van der Waals surface area contributed by atoms with Gasteiger partial charge in [0, 0.05) is 12.4 Å². The molecule has 32 heavy (non-hydrogen) atoms. The number of amides is 1. The summed E-state index contributed by atoms with van der Waals surface area (Å²) < 4.78 is 5.58. The number of nitrogens with one attached hydrogen (secondary N) is 3. The summed E-state index contributed by atoms with van der Waals surface area (Å²) in [6.45, 7) is 2.47. The van der Waals surface area contributed by atoms with Crippen molar-refractivity contribution in [2.45, 2.75) is 31.6 Å². The number of hydrazone groups is 1. The molecule has 0 aromatic heterocycles. The van der Waals surface area contributed by atoms with Gasteiger partial charge >= 0.3 is 0 Å². The second kappa shape index (κ2) is 9.13. The number of para-hydroxylation sites is 2. The number of carbonyl (C=O) groups excluding carboxylic acids is 1. The van der Waals surface area contributed by atoms with Crippen LogP contribution in [0.2, 0.25) is 0 Å². The van der Waals surface area contributed by atoms with E-state index in [0.717, 1.165) is 11.6 Å². The van der Waals surface area contributed by atoms with Gasteiger partial charge in [-0.25, -0.2) is 5.43 Å². The molecule has 0 spiro atoms. The molecule has 5 rings (SSSR count). The first-order chi connectivity index (χ1) is 15.7. The first-order valence-electron chi connectivity index (χ1n) is 10.8. The Bertz CT molecular complexity index is 1030. The Balaban J connectivity index is 1.18. The van der Waals surface area contributed by atoms with Crippen LogP contribution in [0.25, 0.3) is 0 Å². The number of anilines is 1. The molecule has 3 aliphatic rings. The molecule has 3 atom stereocenters. The molecule has 0 radical (unpaired) electrons. The summed E-state index contributed by atoms with van der Waals surface area (Å²) in [6, 6.07) is 18.4. The summed E-state index contributed by atoms with van der Waals surface area (Å²) in [5.74, 6) is 0.841. The van der Waals surface area contributed by atoms with Gasteiger partial charge in [-0.3, -0.25) is 10.2 Å². The van der Waals surface area contributed by atoms with Gasteiger partial charge in [0.1, 0.15) is 11.9 Å². The zero-order valence-electron chi connectivity index (χ0n) is 17.8. The topological polar surface area (TPSA) is 81.2 Å². The molecule has 0 saturated carbocycles. The standard InChI is InChI=1S/C23H26N6O2S/c1-2-31-20-11-7-6-10-17(20)24-21(30)15-32-23-26-25-22-19-14-18(16-8-4-3-5-9-16)27-29(19)13-12-28(22)23/h3-13,18-19,22,25,27H,2,14-15H2,1H3,(H,24,30). The van der Waals surface area contributed by atoms with Crippen LogP contribution in [0.5, 0.6) is 5.75 Å². The van der Waals surface area contributed by atoms with Crippen LogP contribution in [0.4, 0.5) is 5.69 Å². The van der Waals surface area contributed by atoms with Crippen LogP contribution in [0.1, 0.15) is 24.9 Å². The van der Waals surface area contributed by atoms with Gasteiger partial charge in [0.2, 0.25) is 5.91 Å². The molecule has 3 aliphatic heterocycles. The highest BCUT2D eigenvalue weighted by Gasteiger charge is 2.44. The molecule has 8 nitrogen and oxygen atoms in total. The molecule has 3 N–H and O–H groups in total. The van der Waals surface area contributed by atoms with E-state index in [4.69, 9.17) is 4.74 Å². The number of nitrogens with zero attached hydrogens (tertiary/aromatic N) is 3. The molecule has 9 heteroatoms. The first-order valence-corrected chi connectivity index (χ1v) is 11.8. The molecule has 2 aromatic carbocycles. The zero-order chi connectivity index (χ0) is 21.9. The molecule has 0 bridgehead atoms. The molecule has 0 aliphatic carbocycles. The van der Waals surface area contributed by atoms with E-state index >= 15 is 0 Å². The van der Waals surface area contributed by atoms with E-state index in [1.807, 2.05) is 49.7 Å². The van der Waals surface area contributed by atoms with Gasteiger partial charge in [0.05, 0.1) is 30.1 Å². The lowest BCUT2D eigenvalue weighted by atomic mass is 10.00. The van der Waals surface area contributed by atoms with E-state index < -0.39 is 0 Å². The average molecular weight is 451 g/mol. The number of rotatable bonds is 6. The molecule has 3 heterocycles. The smallest absolute Gasteiger partial charge is 0.234 e. The van der Waals surface area contributed by atoms with Gasteiger partial charge in [0.25, 0.3) is 0 Å². The van der Waals surface area contributed by atoms with Crippen LogP contribution in [0, 0.1) is 0 Å². The number of thioether (sulfide) groups is 1. The van der Waals surface area contributed by atoms with Crippen LogP contribution in [0.15, 0.2) is 72.1 Å². The number of hydrogen-bond acceptors (Lipinski definition) is 8. The first kappa shape index (κ1) is 20.7. The SMILES string of the molecule is CCOc1ccccc1NC(=O)CSC1=NNC2C3CC(c4ccccc4)NN3C=CN12. The van der Waals surface area contributed by atoms with Crippen molar-refractivity contribution in [2.24, 2.45) is 5.10 Å². The minimum Gasteiger partial charge on any atom is -0.492 e. The highest BCUT2D eigenvalue weighted by molar-refractivity contribution is 8.14. The van der Waals surface area contributed by atoms with Crippen molar-refractivity contribution in [3.05, 3.63) is 72.6 Å². The maximum atomic E-state index is 12.6. The number of amidine groups is 1. The Morgan fingerprint density at radius 3 is 2.84 bits per heavy atom. The molecule has 166 valence electrons.